The lowest BCUT2D eigenvalue weighted by Crippen LogP contribution is -2.07. The minimum absolute atomic E-state index is 0.247. The van der Waals surface area contributed by atoms with E-state index in [-0.39, 0.29) is 11.5 Å². The number of ether oxygens (including phenoxy) is 2. The summed E-state index contributed by atoms with van der Waals surface area (Å²) in [4.78, 5) is 22.2. The third-order valence-corrected chi connectivity index (χ3v) is 2.34. The van der Waals surface area contributed by atoms with E-state index >= 15 is 0 Å². The summed E-state index contributed by atoms with van der Waals surface area (Å²) < 4.78 is 28.5. The zero-order valence-electron chi connectivity index (χ0n) is 12.1. The van der Waals surface area contributed by atoms with Crippen molar-refractivity contribution in [2.24, 2.45) is 0 Å². The summed E-state index contributed by atoms with van der Waals surface area (Å²) in [6.07, 6.45) is 0. The van der Waals surface area contributed by atoms with Gasteiger partial charge in [0.2, 0.25) is 0 Å². The van der Waals surface area contributed by atoms with Crippen LogP contribution in [0.25, 0.3) is 10.8 Å². The molecule has 0 aliphatic carbocycles. The molecule has 2 aromatic rings. The van der Waals surface area contributed by atoms with Gasteiger partial charge in [0.15, 0.2) is 11.5 Å². The number of hydrogen-bond acceptors (Lipinski definition) is 6. The van der Waals surface area contributed by atoms with Crippen molar-refractivity contribution in [2.45, 2.75) is 13.8 Å². The molecule has 0 radical (unpaired) electrons. The van der Waals surface area contributed by atoms with E-state index in [0.29, 0.717) is 0 Å². The molecular formula is C14H12Cl2O6S. The Kier molecular flexibility index (Phi) is 6.80. The number of halogens is 2. The van der Waals surface area contributed by atoms with Crippen molar-refractivity contribution in [1.82, 2.24) is 0 Å². The van der Waals surface area contributed by atoms with Gasteiger partial charge in [0.05, 0.1) is 0 Å². The lowest BCUT2D eigenvalue weighted by molar-refractivity contribution is -0.134. The molecule has 9 heteroatoms. The van der Waals surface area contributed by atoms with Gasteiger partial charge < -0.3 is 9.47 Å². The smallest absolute Gasteiger partial charge is 0.317 e. The predicted octanol–water partition coefficient (Wildman–Crippen LogP) is 3.40. The molecule has 0 N–H and O–H groups in total. The monoisotopic (exact) mass is 378 g/mol. The molecule has 0 fully saturated rings. The fourth-order valence-electron chi connectivity index (χ4n) is 1.71. The molecule has 0 heterocycles. The van der Waals surface area contributed by atoms with E-state index < -0.39 is 20.2 Å². The average molecular weight is 379 g/mol. The second kappa shape index (κ2) is 8.14. The van der Waals surface area contributed by atoms with Gasteiger partial charge >= 0.3 is 20.2 Å². The highest BCUT2D eigenvalue weighted by molar-refractivity contribution is 8.31. The summed E-state index contributed by atoms with van der Waals surface area (Å²) in [5.74, 6) is -0.398. The number of rotatable bonds is 2. The van der Waals surface area contributed by atoms with Crippen LogP contribution in [0.2, 0.25) is 0 Å². The highest BCUT2D eigenvalue weighted by atomic mass is 36.0. The van der Waals surface area contributed by atoms with Crippen LogP contribution in [0.1, 0.15) is 13.8 Å². The summed E-state index contributed by atoms with van der Waals surface area (Å²) >= 11 is 0. The Balaban J connectivity index is 0.000000463. The van der Waals surface area contributed by atoms with Crippen molar-refractivity contribution in [3.8, 4) is 11.5 Å². The van der Waals surface area contributed by atoms with Gasteiger partial charge in [-0.3, -0.25) is 9.59 Å². The molecule has 0 spiro atoms. The van der Waals surface area contributed by atoms with Crippen LogP contribution in [-0.2, 0) is 17.9 Å². The highest BCUT2D eigenvalue weighted by Gasteiger charge is 2.13. The maximum atomic E-state index is 11.1. The summed E-state index contributed by atoms with van der Waals surface area (Å²) in [6.45, 7) is 2.60. The van der Waals surface area contributed by atoms with Crippen molar-refractivity contribution in [3.05, 3.63) is 36.4 Å². The molecule has 2 aromatic carbocycles. The van der Waals surface area contributed by atoms with Gasteiger partial charge in [-0.1, -0.05) is 30.3 Å². The average Bonchev–Trinajstić information content (AvgIpc) is 2.38. The quantitative estimate of drug-likeness (QED) is 0.452. The van der Waals surface area contributed by atoms with Gasteiger partial charge in [0, 0.05) is 40.6 Å². The van der Waals surface area contributed by atoms with E-state index in [1.807, 2.05) is 18.2 Å². The predicted molar refractivity (Wildman–Crippen MR) is 87.2 cm³/mol. The maximum absolute atomic E-state index is 11.1. The van der Waals surface area contributed by atoms with Crippen LogP contribution in [0, 0.1) is 0 Å². The van der Waals surface area contributed by atoms with Gasteiger partial charge in [-0.25, -0.2) is 0 Å². The van der Waals surface area contributed by atoms with Crippen molar-refractivity contribution < 1.29 is 27.5 Å². The molecule has 0 atom stereocenters. The third-order valence-electron chi connectivity index (χ3n) is 2.34. The lowest BCUT2D eigenvalue weighted by atomic mass is 10.1. The van der Waals surface area contributed by atoms with E-state index in [1.165, 1.54) is 13.8 Å². The molecular weight excluding hydrogens is 367 g/mol. The van der Waals surface area contributed by atoms with E-state index in [2.05, 4.69) is 21.4 Å². The van der Waals surface area contributed by atoms with Crippen molar-refractivity contribution in [2.75, 3.05) is 0 Å². The Morgan fingerprint density at radius 3 is 1.96 bits per heavy atom. The number of esters is 2. The van der Waals surface area contributed by atoms with Crippen LogP contribution >= 0.6 is 21.4 Å². The van der Waals surface area contributed by atoms with Gasteiger partial charge in [-0.2, -0.15) is 8.42 Å². The molecule has 0 saturated carbocycles. The van der Waals surface area contributed by atoms with Crippen LogP contribution in [0.5, 0.6) is 11.5 Å². The number of carbonyl (C=O) groups excluding carboxylic acids is 2. The third kappa shape index (κ3) is 7.32. The molecule has 0 aliphatic rings. The van der Waals surface area contributed by atoms with Crippen LogP contribution in [-0.4, -0.2) is 20.4 Å². The summed E-state index contributed by atoms with van der Waals surface area (Å²) in [5, 5.41) is 1.64. The van der Waals surface area contributed by atoms with Gasteiger partial charge in [-0.05, 0) is 11.5 Å². The van der Waals surface area contributed by atoms with Gasteiger partial charge in [0.25, 0.3) is 0 Å². The number of benzene rings is 2. The van der Waals surface area contributed by atoms with Gasteiger partial charge in [0.1, 0.15) is 0 Å². The van der Waals surface area contributed by atoms with Crippen LogP contribution in [0.3, 0.4) is 0 Å². The van der Waals surface area contributed by atoms with E-state index in [0.717, 1.165) is 10.8 Å². The molecule has 0 unspecified atom stereocenters. The standard InChI is InChI=1S/C14H12O4.Cl2O2S/c1-9(15)17-13-8-7-11-5-3-4-6-12(11)14(13)18-10(2)16;1-5(2,3)4/h3-8H,1-2H3;. The Labute approximate surface area is 141 Å². The van der Waals surface area contributed by atoms with E-state index in [1.54, 1.807) is 18.2 Å². The molecule has 6 nitrogen and oxygen atoms in total. The highest BCUT2D eigenvalue weighted by Crippen LogP contribution is 2.35. The number of hydrogen-bond donors (Lipinski definition) is 0. The first-order chi connectivity index (χ1) is 10.6. The summed E-state index contributed by atoms with van der Waals surface area (Å²) in [5.41, 5.74) is 0. The van der Waals surface area contributed by atoms with Crippen molar-refractivity contribution in [1.29, 1.82) is 0 Å². The van der Waals surface area contributed by atoms with Crippen molar-refractivity contribution in [3.63, 3.8) is 0 Å². The minimum Gasteiger partial charge on any atom is -0.423 e. The first-order valence-electron chi connectivity index (χ1n) is 6.10. The Morgan fingerprint density at radius 1 is 0.913 bits per heavy atom. The largest absolute Gasteiger partial charge is 0.423 e. The maximum Gasteiger partial charge on any atom is 0.317 e. The van der Waals surface area contributed by atoms with Gasteiger partial charge in [-0.15, -0.1) is 0 Å². The Morgan fingerprint density at radius 2 is 1.43 bits per heavy atom. The molecule has 0 aliphatic heterocycles. The first-order valence-corrected chi connectivity index (χ1v) is 9.24. The molecule has 0 amide bonds. The second-order valence-electron chi connectivity index (χ2n) is 4.18. The Hall–Kier alpha value is -1.83. The first kappa shape index (κ1) is 19.2. The van der Waals surface area contributed by atoms with Crippen molar-refractivity contribution >= 4 is 52.3 Å². The summed E-state index contributed by atoms with van der Waals surface area (Å²) in [7, 11) is 4.81. The second-order valence-corrected chi connectivity index (χ2v) is 7.85. The van der Waals surface area contributed by atoms with Crippen LogP contribution in [0.4, 0.5) is 0 Å². The fraction of sp³-hybridized carbons (Fsp3) is 0.143. The van der Waals surface area contributed by atoms with Crippen LogP contribution in [0.15, 0.2) is 36.4 Å². The zero-order valence-corrected chi connectivity index (χ0v) is 14.4. The normalized spacial score (nSPS) is 10.4. The topological polar surface area (TPSA) is 86.7 Å². The zero-order chi connectivity index (χ0) is 17.6. The Bertz CT molecular complexity index is 824. The molecule has 0 saturated heterocycles. The minimum atomic E-state index is -3.72. The fourth-order valence-corrected chi connectivity index (χ4v) is 1.71. The molecule has 124 valence electrons. The SMILES string of the molecule is CC(=O)Oc1ccc2ccccc2c1OC(C)=O.O=S(=O)(Cl)Cl. The van der Waals surface area contributed by atoms with E-state index in [9.17, 15) is 9.59 Å². The number of carbonyl (C=O) groups is 2. The molecule has 2 rings (SSSR count). The molecule has 23 heavy (non-hydrogen) atoms. The number of fused-ring (bicyclic) bond motifs is 1. The molecule has 0 bridgehead atoms. The van der Waals surface area contributed by atoms with Crippen LogP contribution < -0.4 is 9.47 Å². The molecule has 0 aromatic heterocycles. The lowest BCUT2D eigenvalue weighted by Gasteiger charge is -2.11. The van der Waals surface area contributed by atoms with E-state index in [4.69, 9.17) is 17.9 Å². The summed E-state index contributed by atoms with van der Waals surface area (Å²) in [6, 6.07) is 10.8.